The van der Waals surface area contributed by atoms with Gasteiger partial charge in [0.25, 0.3) is 0 Å². The van der Waals surface area contributed by atoms with Crippen LogP contribution in [-0.2, 0) is 11.2 Å². The highest BCUT2D eigenvalue weighted by atomic mass is 35.5. The fourth-order valence-corrected chi connectivity index (χ4v) is 1.63. The summed E-state index contributed by atoms with van der Waals surface area (Å²) in [5.74, 6) is 0.0642. The zero-order valence-electron chi connectivity index (χ0n) is 7.30. The van der Waals surface area contributed by atoms with E-state index in [4.69, 9.17) is 11.6 Å². The molecule has 0 radical (unpaired) electrons. The molecule has 2 nitrogen and oxygen atoms in total. The molecule has 0 aromatic heterocycles. The minimum Gasteiger partial charge on any atom is -0.326 e. The molecule has 1 unspecified atom stereocenters. The maximum Gasteiger partial charge on any atom is 0.228 e. The lowest BCUT2D eigenvalue weighted by atomic mass is 10.1. The summed E-state index contributed by atoms with van der Waals surface area (Å²) in [4.78, 5) is 11.0. The third-order valence-corrected chi connectivity index (χ3v) is 2.47. The topological polar surface area (TPSA) is 29.1 Å². The normalized spacial score (nSPS) is 16.6. The van der Waals surface area contributed by atoms with Crippen LogP contribution in [-0.4, -0.2) is 5.91 Å². The van der Waals surface area contributed by atoms with Crippen molar-refractivity contribution in [1.82, 2.24) is 0 Å². The number of hydrogen-bond acceptors (Lipinski definition) is 1. The maximum atomic E-state index is 11.0. The molecule has 1 amide bonds. The molecule has 68 valence electrons. The SMILES string of the molecule is CC(Cl)c1ccc2c(c1)CC(=O)N2. The van der Waals surface area contributed by atoms with Crippen LogP contribution in [0, 0.1) is 0 Å². The number of amides is 1. The Hall–Kier alpha value is -1.02. The van der Waals surface area contributed by atoms with Crippen LogP contribution in [0.4, 0.5) is 5.69 Å². The number of carbonyl (C=O) groups excluding carboxylic acids is 1. The first kappa shape index (κ1) is 8.57. The van der Waals surface area contributed by atoms with Gasteiger partial charge in [0, 0.05) is 5.69 Å². The number of carbonyl (C=O) groups is 1. The van der Waals surface area contributed by atoms with Gasteiger partial charge in [-0.15, -0.1) is 11.6 Å². The first-order chi connectivity index (χ1) is 6.16. The Morgan fingerprint density at radius 1 is 1.54 bits per heavy atom. The van der Waals surface area contributed by atoms with Crippen molar-refractivity contribution < 1.29 is 4.79 Å². The number of nitrogens with one attached hydrogen (secondary N) is 1. The van der Waals surface area contributed by atoms with Crippen molar-refractivity contribution in [1.29, 1.82) is 0 Å². The molecule has 0 saturated heterocycles. The van der Waals surface area contributed by atoms with Gasteiger partial charge in [-0.3, -0.25) is 4.79 Å². The molecule has 3 heteroatoms. The van der Waals surface area contributed by atoms with Crippen LogP contribution < -0.4 is 5.32 Å². The predicted octanol–water partition coefficient (Wildman–Crippen LogP) is 2.48. The van der Waals surface area contributed by atoms with E-state index in [1.54, 1.807) is 0 Å². The van der Waals surface area contributed by atoms with Crippen molar-refractivity contribution in [2.75, 3.05) is 5.32 Å². The third-order valence-electron chi connectivity index (χ3n) is 2.21. The number of benzene rings is 1. The summed E-state index contributed by atoms with van der Waals surface area (Å²) in [5.41, 5.74) is 3.04. The van der Waals surface area contributed by atoms with Gasteiger partial charge in [-0.05, 0) is 24.1 Å². The van der Waals surface area contributed by atoms with Crippen LogP contribution in [0.3, 0.4) is 0 Å². The van der Waals surface area contributed by atoms with E-state index in [0.717, 1.165) is 16.8 Å². The maximum absolute atomic E-state index is 11.0. The molecule has 1 aromatic rings. The van der Waals surface area contributed by atoms with E-state index in [1.807, 2.05) is 25.1 Å². The number of anilines is 1. The van der Waals surface area contributed by atoms with Gasteiger partial charge in [-0.25, -0.2) is 0 Å². The van der Waals surface area contributed by atoms with Gasteiger partial charge >= 0.3 is 0 Å². The number of alkyl halides is 1. The van der Waals surface area contributed by atoms with Crippen molar-refractivity contribution in [3.8, 4) is 0 Å². The van der Waals surface area contributed by atoms with Gasteiger partial charge in [-0.2, -0.15) is 0 Å². The van der Waals surface area contributed by atoms with Crippen molar-refractivity contribution >= 4 is 23.2 Å². The average molecular weight is 196 g/mol. The summed E-state index contributed by atoms with van der Waals surface area (Å²) >= 11 is 5.94. The van der Waals surface area contributed by atoms with Gasteiger partial charge in [-0.1, -0.05) is 12.1 Å². The van der Waals surface area contributed by atoms with E-state index in [2.05, 4.69) is 5.32 Å². The van der Waals surface area contributed by atoms with Gasteiger partial charge in [0.1, 0.15) is 0 Å². The van der Waals surface area contributed by atoms with Crippen LogP contribution in [0.5, 0.6) is 0 Å². The largest absolute Gasteiger partial charge is 0.326 e. The summed E-state index contributed by atoms with van der Waals surface area (Å²) in [6.45, 7) is 1.92. The Labute approximate surface area is 81.9 Å². The molecule has 2 rings (SSSR count). The van der Waals surface area contributed by atoms with Crippen molar-refractivity contribution in [3.05, 3.63) is 29.3 Å². The Balaban J connectivity index is 2.40. The Morgan fingerprint density at radius 2 is 2.31 bits per heavy atom. The Morgan fingerprint density at radius 3 is 3.00 bits per heavy atom. The molecule has 1 N–H and O–H groups in total. The Bertz CT molecular complexity index is 360. The first-order valence-electron chi connectivity index (χ1n) is 4.23. The predicted molar refractivity (Wildman–Crippen MR) is 53.0 cm³/mol. The number of halogens is 1. The van der Waals surface area contributed by atoms with Crippen LogP contribution in [0.2, 0.25) is 0 Å². The van der Waals surface area contributed by atoms with E-state index in [9.17, 15) is 4.79 Å². The highest BCUT2D eigenvalue weighted by molar-refractivity contribution is 6.20. The molecule has 1 heterocycles. The lowest BCUT2D eigenvalue weighted by molar-refractivity contribution is -0.115. The van der Waals surface area contributed by atoms with Crippen LogP contribution >= 0.6 is 11.6 Å². The Kier molecular flexibility index (Phi) is 2.00. The van der Waals surface area contributed by atoms with E-state index in [0.29, 0.717) is 6.42 Å². The molecule has 1 aliphatic rings. The van der Waals surface area contributed by atoms with Gasteiger partial charge in [0.05, 0.1) is 11.8 Å². The van der Waals surface area contributed by atoms with E-state index >= 15 is 0 Å². The lowest BCUT2D eigenvalue weighted by Gasteiger charge is -2.05. The smallest absolute Gasteiger partial charge is 0.228 e. The highest BCUT2D eigenvalue weighted by Crippen LogP contribution is 2.28. The molecule has 13 heavy (non-hydrogen) atoms. The molecule has 1 aliphatic heterocycles. The van der Waals surface area contributed by atoms with Crippen molar-refractivity contribution in [2.45, 2.75) is 18.7 Å². The zero-order chi connectivity index (χ0) is 9.42. The molecule has 1 aromatic carbocycles. The summed E-state index contributed by atoms with van der Waals surface area (Å²) in [6.07, 6.45) is 0.479. The van der Waals surface area contributed by atoms with Gasteiger partial charge in [0.15, 0.2) is 0 Å². The summed E-state index contributed by atoms with van der Waals surface area (Å²) in [6, 6.07) is 5.85. The second kappa shape index (κ2) is 3.04. The number of hydrogen-bond donors (Lipinski definition) is 1. The van der Waals surface area contributed by atoms with Gasteiger partial charge in [0.2, 0.25) is 5.91 Å². The fourth-order valence-electron chi connectivity index (χ4n) is 1.50. The second-order valence-electron chi connectivity index (χ2n) is 3.26. The average Bonchev–Trinajstić information content (AvgIpc) is 2.42. The third kappa shape index (κ3) is 1.54. The summed E-state index contributed by atoms with van der Waals surface area (Å²) < 4.78 is 0. The molecular weight excluding hydrogens is 186 g/mol. The van der Waals surface area contributed by atoms with Crippen LogP contribution in [0.15, 0.2) is 18.2 Å². The summed E-state index contributed by atoms with van der Waals surface area (Å²) in [5, 5.41) is 2.78. The van der Waals surface area contributed by atoms with E-state index in [-0.39, 0.29) is 11.3 Å². The van der Waals surface area contributed by atoms with E-state index in [1.165, 1.54) is 0 Å². The number of fused-ring (bicyclic) bond motifs is 1. The quantitative estimate of drug-likeness (QED) is 0.686. The molecule has 0 saturated carbocycles. The van der Waals surface area contributed by atoms with Crippen molar-refractivity contribution in [2.24, 2.45) is 0 Å². The molecular formula is C10H10ClNO. The van der Waals surface area contributed by atoms with E-state index < -0.39 is 0 Å². The second-order valence-corrected chi connectivity index (χ2v) is 3.91. The van der Waals surface area contributed by atoms with Crippen LogP contribution in [0.1, 0.15) is 23.4 Å². The molecule has 0 fully saturated rings. The van der Waals surface area contributed by atoms with Crippen LogP contribution in [0.25, 0.3) is 0 Å². The lowest BCUT2D eigenvalue weighted by Crippen LogP contribution is -2.03. The molecule has 0 bridgehead atoms. The highest BCUT2D eigenvalue weighted by Gasteiger charge is 2.17. The zero-order valence-corrected chi connectivity index (χ0v) is 8.06. The summed E-state index contributed by atoms with van der Waals surface area (Å²) in [7, 11) is 0. The fraction of sp³-hybridized carbons (Fsp3) is 0.300. The minimum atomic E-state index is 0.000928. The molecule has 0 aliphatic carbocycles. The molecule has 1 atom stereocenters. The van der Waals surface area contributed by atoms with Crippen molar-refractivity contribution in [3.63, 3.8) is 0 Å². The van der Waals surface area contributed by atoms with Gasteiger partial charge < -0.3 is 5.32 Å². The molecule has 0 spiro atoms. The first-order valence-corrected chi connectivity index (χ1v) is 4.67. The standard InChI is InChI=1S/C10H10ClNO/c1-6(11)7-2-3-9-8(4-7)5-10(13)12-9/h2-4,6H,5H2,1H3,(H,12,13). The monoisotopic (exact) mass is 195 g/mol. The minimum absolute atomic E-state index is 0.000928. The number of rotatable bonds is 1.